The van der Waals surface area contributed by atoms with E-state index in [0.29, 0.717) is 25.0 Å². The van der Waals surface area contributed by atoms with Gasteiger partial charge in [0.25, 0.3) is 0 Å². The second kappa shape index (κ2) is 26.0. The molecule has 0 amide bonds. The molecule has 2 N–H and O–H groups in total. The van der Waals surface area contributed by atoms with Crippen molar-refractivity contribution >= 4 is 11.9 Å². The van der Waals surface area contributed by atoms with Crippen molar-refractivity contribution in [3.63, 3.8) is 0 Å². The molecule has 1 aliphatic heterocycles. The molecule has 6 nitrogen and oxygen atoms in total. The van der Waals surface area contributed by atoms with Crippen LogP contribution in [0.4, 0.5) is 0 Å². The first-order valence-corrected chi connectivity index (χ1v) is 19.4. The number of unbranched alkanes of at least 4 members (excludes halogenated alkanes) is 8. The molecule has 30 heavy (non-hydrogen) atoms. The Morgan fingerprint density at radius 3 is 1.27 bits per heavy atom. The van der Waals surface area contributed by atoms with E-state index in [1.54, 1.807) is 0 Å². The van der Waals surface area contributed by atoms with Gasteiger partial charge in [0.05, 0.1) is 0 Å². The number of carboxylic acids is 2. The van der Waals surface area contributed by atoms with Crippen molar-refractivity contribution in [2.75, 3.05) is 13.2 Å². The molecule has 0 aromatic carbocycles. The van der Waals surface area contributed by atoms with Gasteiger partial charge < -0.3 is 10.2 Å². The van der Waals surface area contributed by atoms with E-state index in [4.69, 9.17) is 19.7 Å². The number of rotatable bonds is 14. The molecule has 0 radical (unpaired) electrons. The molecule has 2 unspecified atom stereocenters. The van der Waals surface area contributed by atoms with E-state index in [0.717, 1.165) is 91.1 Å². The zero-order valence-electron chi connectivity index (χ0n) is 19.4. The maximum atomic E-state index is 10.0. The molecule has 1 rings (SSSR count). The van der Waals surface area contributed by atoms with Crippen molar-refractivity contribution in [2.45, 2.75) is 111 Å². The second-order valence-corrected chi connectivity index (χ2v) is 12.1. The Balaban J connectivity index is 0. The van der Waals surface area contributed by atoms with Crippen molar-refractivity contribution in [1.29, 1.82) is 0 Å². The number of carbonyl (C=O) groups is 2. The van der Waals surface area contributed by atoms with Gasteiger partial charge >= 0.3 is 107 Å². The van der Waals surface area contributed by atoms with Gasteiger partial charge in [0.15, 0.2) is 0 Å². The Hall–Kier alpha value is 0.730. The summed E-state index contributed by atoms with van der Waals surface area (Å²) in [6.45, 7) is 6.03. The van der Waals surface area contributed by atoms with E-state index < -0.39 is 11.9 Å². The molecule has 8 heteroatoms. The molecule has 1 heterocycles. The van der Waals surface area contributed by atoms with Crippen LogP contribution >= 0.6 is 0 Å². The van der Waals surface area contributed by atoms with Crippen LogP contribution in [-0.2, 0) is 71.3 Å². The minimum atomic E-state index is -0.670. The third-order valence-corrected chi connectivity index (χ3v) is 9.67. The van der Waals surface area contributed by atoms with Gasteiger partial charge in [-0.3, -0.25) is 9.59 Å². The van der Waals surface area contributed by atoms with Gasteiger partial charge in [0, 0.05) is 12.8 Å². The van der Waals surface area contributed by atoms with Gasteiger partial charge in [-0.2, -0.15) is 0 Å². The number of hydrogen-bond donors (Lipinski definition) is 2. The Morgan fingerprint density at radius 1 is 0.700 bits per heavy atom. The SMILES string of the molecule is CCCCCCCC(=O)O.CCCCCCCC(=O)O.[Hg][CH2]C1COC([CH2][Hg])CO1. The summed E-state index contributed by atoms with van der Waals surface area (Å²) in [7, 11) is 0. The summed E-state index contributed by atoms with van der Waals surface area (Å²) in [4.78, 5) is 20.1. The van der Waals surface area contributed by atoms with E-state index in [-0.39, 0.29) is 0 Å². The molecule has 170 valence electrons. The first-order chi connectivity index (χ1) is 14.4. The van der Waals surface area contributed by atoms with Crippen LogP contribution in [0, 0.1) is 0 Å². The first-order valence-electron chi connectivity index (χ1n) is 11.7. The number of hydrogen-bond acceptors (Lipinski definition) is 4. The summed E-state index contributed by atoms with van der Waals surface area (Å²) in [5, 5.41) is 16.5. The molecule has 0 saturated carbocycles. The molecule has 0 aromatic heterocycles. The second-order valence-electron chi connectivity index (χ2n) is 7.60. The summed E-state index contributed by atoms with van der Waals surface area (Å²) in [6, 6.07) is 0. The van der Waals surface area contributed by atoms with Gasteiger partial charge in [-0.1, -0.05) is 65.2 Å². The van der Waals surface area contributed by atoms with Crippen molar-refractivity contribution in [2.24, 2.45) is 0 Å². The summed E-state index contributed by atoms with van der Waals surface area (Å²) in [6.07, 6.45) is 12.7. The number of ether oxygens (including phenoxy) is 2. The molecule has 0 aromatic rings. The van der Waals surface area contributed by atoms with Crippen LogP contribution in [0.15, 0.2) is 0 Å². The normalized spacial score (nSPS) is 17.9. The van der Waals surface area contributed by atoms with E-state index in [9.17, 15) is 9.59 Å². The van der Waals surface area contributed by atoms with Crippen LogP contribution in [0.25, 0.3) is 0 Å². The van der Waals surface area contributed by atoms with Crippen LogP contribution in [0.2, 0.25) is 7.86 Å². The zero-order chi connectivity index (χ0) is 23.0. The van der Waals surface area contributed by atoms with E-state index in [2.05, 4.69) is 13.8 Å². The number of carboxylic acid groups (broad SMARTS) is 2. The van der Waals surface area contributed by atoms with Crippen LogP contribution in [0.1, 0.15) is 90.9 Å². The molecule has 1 saturated heterocycles. The van der Waals surface area contributed by atoms with Gasteiger partial charge in [-0.15, -0.1) is 0 Å². The summed E-state index contributed by atoms with van der Waals surface area (Å²) in [5.41, 5.74) is 0. The Labute approximate surface area is 216 Å². The van der Waals surface area contributed by atoms with Crippen molar-refractivity contribution in [1.82, 2.24) is 0 Å². The molecule has 2 atom stereocenters. The third kappa shape index (κ3) is 26.8. The van der Waals surface area contributed by atoms with Crippen molar-refractivity contribution < 1.29 is 81.5 Å². The predicted octanol–water partition coefficient (Wildman–Crippen LogP) is 5.56. The first kappa shape index (κ1) is 32.9. The van der Waals surface area contributed by atoms with Crippen LogP contribution < -0.4 is 0 Å². The molecule has 0 spiro atoms. The van der Waals surface area contributed by atoms with E-state index in [1.807, 2.05) is 0 Å². The standard InChI is InChI=1S/2C8H16O2.C6H10O2.2Hg/c2*1-2-3-4-5-6-7-8(9)10;1-5-3-8-6(2)4-7-5;;/h2*2-7H2,1H3,(H,9,10);5-6H,1-4H2;;. The van der Waals surface area contributed by atoms with Crippen molar-refractivity contribution in [3.8, 4) is 0 Å². The average Bonchev–Trinajstić information content (AvgIpc) is 2.74. The number of aliphatic carboxylic acids is 2. The van der Waals surface area contributed by atoms with Crippen molar-refractivity contribution in [3.05, 3.63) is 0 Å². The fourth-order valence-electron chi connectivity index (χ4n) is 2.68. The summed E-state index contributed by atoms with van der Waals surface area (Å²) in [5.74, 6) is -1.34. The minimum absolute atomic E-state index is 0.337. The van der Waals surface area contributed by atoms with Crippen LogP contribution in [0.3, 0.4) is 0 Å². The predicted molar refractivity (Wildman–Crippen MR) is 111 cm³/mol. The third-order valence-electron chi connectivity index (χ3n) is 4.67. The quantitative estimate of drug-likeness (QED) is 0.177. The Bertz CT molecular complexity index is 352. The van der Waals surface area contributed by atoms with Gasteiger partial charge in [0.2, 0.25) is 0 Å². The molecule has 0 aliphatic carbocycles. The maximum absolute atomic E-state index is 10.0. The van der Waals surface area contributed by atoms with Gasteiger partial charge in [-0.25, -0.2) is 0 Å². The summed E-state index contributed by atoms with van der Waals surface area (Å²) < 4.78 is 13.7. The molecular weight excluding hydrogens is 761 g/mol. The van der Waals surface area contributed by atoms with Gasteiger partial charge in [0.1, 0.15) is 0 Å². The van der Waals surface area contributed by atoms with Crippen LogP contribution in [-0.4, -0.2) is 47.6 Å². The monoisotopic (exact) mass is 806 g/mol. The molecule has 1 aliphatic rings. The Morgan fingerprint density at radius 2 is 1.03 bits per heavy atom. The van der Waals surface area contributed by atoms with Crippen LogP contribution in [0.5, 0.6) is 0 Å². The van der Waals surface area contributed by atoms with Gasteiger partial charge in [-0.05, 0) is 12.8 Å². The summed E-state index contributed by atoms with van der Waals surface area (Å²) >= 11 is 1.74. The zero-order valence-corrected chi connectivity index (χ0v) is 30.4. The van der Waals surface area contributed by atoms with E-state index >= 15 is 0 Å². The molecule has 1 fully saturated rings. The Kier molecular flexibility index (Phi) is 28.5. The average molecular weight is 804 g/mol. The van der Waals surface area contributed by atoms with E-state index in [1.165, 1.54) is 46.4 Å². The topological polar surface area (TPSA) is 93.1 Å². The fourth-order valence-corrected chi connectivity index (χ4v) is 5.27. The molecular formula is C22H42Hg2O6. The molecule has 0 bridgehead atoms. The fraction of sp³-hybridized carbons (Fsp3) is 0.909.